The molecule has 0 spiro atoms. The molecule has 3 heteroatoms. The van der Waals surface area contributed by atoms with Gasteiger partial charge in [0, 0.05) is 12.5 Å². The molecule has 0 radical (unpaired) electrons. The van der Waals surface area contributed by atoms with Gasteiger partial charge in [0.2, 0.25) is 0 Å². The van der Waals surface area contributed by atoms with E-state index in [-0.39, 0.29) is 18.4 Å². The van der Waals surface area contributed by atoms with Crippen LogP contribution in [0.3, 0.4) is 0 Å². The molecular formula is C14H11FO2. The van der Waals surface area contributed by atoms with Gasteiger partial charge in [-0.3, -0.25) is 0 Å². The first-order valence-corrected chi connectivity index (χ1v) is 4.98. The Morgan fingerprint density at radius 3 is 3.00 bits per heavy atom. The van der Waals surface area contributed by atoms with Gasteiger partial charge in [0.05, 0.1) is 6.93 Å². The first-order chi connectivity index (χ1) is 8.67. The second kappa shape index (κ2) is 4.86. The van der Waals surface area contributed by atoms with Crippen molar-refractivity contribution in [1.29, 1.82) is 0 Å². The molecule has 2 aromatic rings. The molecule has 0 unspecified atom stereocenters. The fourth-order valence-corrected chi connectivity index (χ4v) is 1.56. The number of hydrogen-bond acceptors (Lipinski definition) is 2. The third-order valence-electron chi connectivity index (χ3n) is 2.33. The zero-order chi connectivity index (χ0) is 13.1. The van der Waals surface area contributed by atoms with Crippen molar-refractivity contribution in [1.82, 2.24) is 0 Å². The van der Waals surface area contributed by atoms with Crippen molar-refractivity contribution >= 4 is 10.8 Å². The van der Waals surface area contributed by atoms with Gasteiger partial charge in [0.25, 0.3) is 0 Å². The van der Waals surface area contributed by atoms with Crippen LogP contribution in [-0.4, -0.2) is 13.9 Å². The lowest BCUT2D eigenvalue weighted by Crippen LogP contribution is -1.98. The molecule has 86 valence electrons. The number of benzene rings is 2. The first kappa shape index (κ1) is 10.1. The summed E-state index contributed by atoms with van der Waals surface area (Å²) in [5, 5.41) is 1.09. The van der Waals surface area contributed by atoms with E-state index < -0.39 is 5.82 Å². The first-order valence-electron chi connectivity index (χ1n) is 5.48. The maximum atomic E-state index is 13.5. The molecule has 0 N–H and O–H groups in total. The lowest BCUT2D eigenvalue weighted by molar-refractivity contribution is 0.0512. The van der Waals surface area contributed by atoms with E-state index in [4.69, 9.17) is 17.3 Å². The molecule has 0 atom stereocenters. The molecule has 0 amide bonds. The fourth-order valence-electron chi connectivity index (χ4n) is 1.56. The lowest BCUT2D eigenvalue weighted by Gasteiger charge is -2.07. The smallest absolute Gasteiger partial charge is 0.188 e. The zero-order valence-corrected chi connectivity index (χ0v) is 9.29. The Labute approximate surface area is 100 Å². The number of halogens is 1. The number of fused-ring (bicyclic) bond motifs is 1. The van der Waals surface area contributed by atoms with Crippen molar-refractivity contribution < 1.29 is 15.2 Å². The zero-order valence-electron chi connectivity index (χ0n) is 10.3. The molecule has 0 aromatic heterocycles. The number of terminal acetylenes is 1. The number of hydrogen-bond donors (Lipinski definition) is 0. The summed E-state index contributed by atoms with van der Waals surface area (Å²) in [5.41, 5.74) is 0.107. The minimum absolute atomic E-state index is 0.0914. The monoisotopic (exact) mass is 231 g/mol. The third kappa shape index (κ3) is 2.22. The average Bonchev–Trinajstić information content (AvgIpc) is 2.37. The van der Waals surface area contributed by atoms with Gasteiger partial charge in [-0.25, -0.2) is 4.39 Å². The average molecular weight is 231 g/mol. The highest BCUT2D eigenvalue weighted by atomic mass is 19.1. The molecule has 17 heavy (non-hydrogen) atoms. The molecule has 2 aromatic carbocycles. The second-order valence-corrected chi connectivity index (χ2v) is 3.42. The molecule has 0 saturated carbocycles. The van der Waals surface area contributed by atoms with Crippen molar-refractivity contribution in [2.75, 3.05) is 13.9 Å². The minimum atomic E-state index is -0.496. The van der Waals surface area contributed by atoms with Crippen LogP contribution < -0.4 is 4.74 Å². The topological polar surface area (TPSA) is 18.5 Å². The van der Waals surface area contributed by atoms with Gasteiger partial charge in [-0.1, -0.05) is 12.0 Å². The van der Waals surface area contributed by atoms with E-state index in [0.717, 1.165) is 0 Å². The second-order valence-electron chi connectivity index (χ2n) is 3.42. The van der Waals surface area contributed by atoms with Gasteiger partial charge in [-0.2, -0.15) is 0 Å². The third-order valence-corrected chi connectivity index (χ3v) is 2.33. The van der Waals surface area contributed by atoms with Crippen LogP contribution in [0.15, 0.2) is 30.3 Å². The normalized spacial score (nSPS) is 11.0. The van der Waals surface area contributed by atoms with Crippen molar-refractivity contribution in [3.05, 3.63) is 41.7 Å². The Hall–Kier alpha value is -2.05. The Morgan fingerprint density at radius 1 is 1.47 bits per heavy atom. The van der Waals surface area contributed by atoms with Crippen LogP contribution >= 0.6 is 0 Å². The van der Waals surface area contributed by atoms with Crippen LogP contribution in [0.2, 0.25) is 0 Å². The van der Waals surface area contributed by atoms with E-state index in [1.165, 1.54) is 19.2 Å². The van der Waals surface area contributed by atoms with Crippen molar-refractivity contribution in [3.8, 4) is 18.1 Å². The van der Waals surface area contributed by atoms with Gasteiger partial charge in [0.15, 0.2) is 6.79 Å². The summed E-state index contributed by atoms with van der Waals surface area (Å²) in [6, 6.07) is 6.18. The Balaban J connectivity index is 2.62. The van der Waals surface area contributed by atoms with Gasteiger partial charge in [-0.05, 0) is 29.6 Å². The van der Waals surface area contributed by atoms with Crippen LogP contribution in [0.1, 0.15) is 6.93 Å². The molecular weight excluding hydrogens is 219 g/mol. The number of methoxy groups -OCH3 is 1. The van der Waals surface area contributed by atoms with Crippen LogP contribution in [0, 0.1) is 18.2 Å². The summed E-state index contributed by atoms with van der Waals surface area (Å²) >= 11 is 0. The van der Waals surface area contributed by atoms with Crippen LogP contribution in [-0.2, 0) is 4.74 Å². The quantitative estimate of drug-likeness (QED) is 0.597. The van der Waals surface area contributed by atoms with Crippen molar-refractivity contribution in [2.24, 2.45) is 0 Å². The molecule has 0 fully saturated rings. The van der Waals surface area contributed by atoms with Gasteiger partial charge in [-0.15, -0.1) is 6.42 Å². The molecule has 2 rings (SSSR count). The highest BCUT2D eigenvalue weighted by molar-refractivity contribution is 5.89. The summed E-state index contributed by atoms with van der Waals surface area (Å²) in [6.45, 7) is 0.0914. The highest BCUT2D eigenvalue weighted by Gasteiger charge is 2.06. The number of rotatable bonds is 3. The SMILES string of the molecule is [2H]c1cc(OCOC)cc2ccc(F)c(C#C)c12. The standard InChI is InChI=1S/C14H11FO2/c1-3-12-13-6-5-11(17-9-16-2)8-10(13)4-7-14(12)15/h1,4-8H,9H2,2H3/i6D. The maximum Gasteiger partial charge on any atom is 0.188 e. The molecule has 0 heterocycles. The molecule has 2 nitrogen and oxygen atoms in total. The molecule has 0 aliphatic rings. The number of ether oxygens (including phenoxy) is 2. The summed E-state index contributed by atoms with van der Waals surface area (Å²) in [6.07, 6.45) is 5.28. The van der Waals surface area contributed by atoms with E-state index >= 15 is 0 Å². The summed E-state index contributed by atoms with van der Waals surface area (Å²) in [4.78, 5) is 0. The Bertz CT molecular complexity index is 632. The fraction of sp³-hybridized carbons (Fsp3) is 0.143. The van der Waals surface area contributed by atoms with Gasteiger partial charge < -0.3 is 9.47 Å². The molecule has 0 saturated heterocycles. The Kier molecular flexibility index (Phi) is 2.89. The molecule has 0 bridgehead atoms. The van der Waals surface area contributed by atoms with Crippen LogP contribution in [0.5, 0.6) is 5.75 Å². The van der Waals surface area contributed by atoms with E-state index in [9.17, 15) is 4.39 Å². The lowest BCUT2D eigenvalue weighted by atomic mass is 10.0. The van der Waals surface area contributed by atoms with Crippen LogP contribution in [0.25, 0.3) is 10.8 Å². The molecule has 0 aliphatic heterocycles. The van der Waals surface area contributed by atoms with E-state index in [1.54, 1.807) is 12.1 Å². The predicted octanol–water partition coefficient (Wildman–Crippen LogP) is 2.94. The highest BCUT2D eigenvalue weighted by Crippen LogP contribution is 2.25. The van der Waals surface area contributed by atoms with Crippen molar-refractivity contribution in [2.45, 2.75) is 0 Å². The van der Waals surface area contributed by atoms with E-state index in [2.05, 4.69) is 5.92 Å². The van der Waals surface area contributed by atoms with Gasteiger partial charge >= 0.3 is 0 Å². The largest absolute Gasteiger partial charge is 0.468 e. The molecule has 0 aliphatic carbocycles. The summed E-state index contributed by atoms with van der Waals surface area (Å²) in [5.74, 6) is 2.27. The predicted molar refractivity (Wildman–Crippen MR) is 64.3 cm³/mol. The van der Waals surface area contributed by atoms with Gasteiger partial charge in [0.1, 0.15) is 11.6 Å². The minimum Gasteiger partial charge on any atom is -0.468 e. The van der Waals surface area contributed by atoms with Crippen molar-refractivity contribution in [3.63, 3.8) is 0 Å². The maximum absolute atomic E-state index is 13.5. The van der Waals surface area contributed by atoms with Crippen LogP contribution in [0.4, 0.5) is 4.39 Å². The van der Waals surface area contributed by atoms with E-state index in [1.807, 2.05) is 0 Å². The Morgan fingerprint density at radius 2 is 2.29 bits per heavy atom. The summed E-state index contributed by atoms with van der Waals surface area (Å²) in [7, 11) is 1.51. The summed E-state index contributed by atoms with van der Waals surface area (Å²) < 4.78 is 31.5. The van der Waals surface area contributed by atoms with E-state index in [0.29, 0.717) is 16.5 Å².